The number of aromatic amines is 1. The van der Waals surface area contributed by atoms with Gasteiger partial charge in [-0.2, -0.15) is 0 Å². The number of nitrogens with zero attached hydrogens (tertiary/aromatic N) is 2. The van der Waals surface area contributed by atoms with E-state index in [2.05, 4.69) is 52.3 Å². The predicted octanol–water partition coefficient (Wildman–Crippen LogP) is 3.58. The summed E-state index contributed by atoms with van der Waals surface area (Å²) in [6.45, 7) is 7.46. The second-order valence-electron chi connectivity index (χ2n) is 9.31. The summed E-state index contributed by atoms with van der Waals surface area (Å²) >= 11 is 0. The number of amides is 1. The number of aryl methyl sites for hydroxylation is 2. The highest BCUT2D eigenvalue weighted by Gasteiger charge is 2.26. The summed E-state index contributed by atoms with van der Waals surface area (Å²) in [5.74, 6) is -0.119. The summed E-state index contributed by atoms with van der Waals surface area (Å²) in [6.07, 6.45) is 9.02. The topological polar surface area (TPSA) is 68.4 Å². The fourth-order valence-electron chi connectivity index (χ4n) is 5.23. The number of benzene rings is 1. The number of piperidine rings is 1. The van der Waals surface area contributed by atoms with Crippen molar-refractivity contribution in [3.63, 3.8) is 0 Å². The normalized spacial score (nSPS) is 18.9. The summed E-state index contributed by atoms with van der Waals surface area (Å²) in [5.41, 5.74) is 5.34. The number of fused-ring (bicyclic) bond motifs is 2. The van der Waals surface area contributed by atoms with Crippen molar-refractivity contribution >= 4 is 11.6 Å². The number of carbonyl (C=O) groups excluding carboxylic acids is 1. The number of hydrogen-bond donors (Lipinski definition) is 2. The largest absolute Gasteiger partial charge is 0.368 e. The summed E-state index contributed by atoms with van der Waals surface area (Å²) < 4.78 is 0. The highest BCUT2D eigenvalue weighted by molar-refractivity contribution is 5.97. The number of rotatable bonds is 3. The van der Waals surface area contributed by atoms with Crippen LogP contribution in [0.25, 0.3) is 0 Å². The number of nitrogens with one attached hydrogen (secondary N) is 2. The Morgan fingerprint density at radius 1 is 1.12 bits per heavy atom. The zero-order valence-corrected chi connectivity index (χ0v) is 20.1. The number of allylic oxidation sites excluding steroid dienone is 2. The monoisotopic (exact) mass is 448 g/mol. The summed E-state index contributed by atoms with van der Waals surface area (Å²) in [7, 11) is 2.18. The van der Waals surface area contributed by atoms with E-state index in [0.717, 1.165) is 74.2 Å². The standard InChI is InChI=1S/C27H36N4O2/c1-4-31(21-13-15-30(3)16-14-21)25-12-8-11-23-22(25)10-7-5-6-9-20-17-19(2)29-27(33)24(20)18-28-26(23)32/h5,7-8,11-12,17,21H,4,6,9-10,13-16,18H2,1-3H3,(H,28,32)(H,29,33)/b7-5+. The van der Waals surface area contributed by atoms with E-state index in [9.17, 15) is 9.59 Å². The van der Waals surface area contributed by atoms with Gasteiger partial charge in [-0.25, -0.2) is 0 Å². The highest BCUT2D eigenvalue weighted by Crippen LogP contribution is 2.30. The molecule has 0 radical (unpaired) electrons. The lowest BCUT2D eigenvalue weighted by molar-refractivity contribution is 0.0950. The smallest absolute Gasteiger partial charge is 0.253 e. The zero-order chi connectivity index (χ0) is 23.4. The van der Waals surface area contributed by atoms with E-state index in [4.69, 9.17) is 0 Å². The Morgan fingerprint density at radius 3 is 2.67 bits per heavy atom. The molecule has 1 aromatic carbocycles. The summed E-state index contributed by atoms with van der Waals surface area (Å²) in [5, 5.41) is 3.03. The van der Waals surface area contributed by atoms with Crippen molar-refractivity contribution in [2.75, 3.05) is 31.6 Å². The Balaban J connectivity index is 1.68. The molecule has 6 heteroatoms. The van der Waals surface area contributed by atoms with Gasteiger partial charge in [0.2, 0.25) is 0 Å². The molecule has 1 aromatic heterocycles. The molecule has 33 heavy (non-hydrogen) atoms. The van der Waals surface area contributed by atoms with E-state index in [-0.39, 0.29) is 18.0 Å². The van der Waals surface area contributed by atoms with Gasteiger partial charge in [0, 0.05) is 41.6 Å². The molecule has 0 bridgehead atoms. The molecule has 0 saturated carbocycles. The maximum absolute atomic E-state index is 13.3. The fraction of sp³-hybridized carbons (Fsp3) is 0.481. The van der Waals surface area contributed by atoms with Crippen molar-refractivity contribution in [1.29, 1.82) is 0 Å². The third kappa shape index (κ3) is 5.22. The molecule has 2 aromatic rings. The first-order chi connectivity index (χ1) is 16.0. The SMILES string of the molecule is CCN(c1cccc2c1C/C=C/CCc1cc(C)[nH]c(=O)c1CNC2=O)C1CCN(C)CC1. The zero-order valence-electron chi connectivity index (χ0n) is 20.1. The van der Waals surface area contributed by atoms with Crippen LogP contribution < -0.4 is 15.8 Å². The van der Waals surface area contributed by atoms with Crippen LogP contribution in [0, 0.1) is 6.92 Å². The van der Waals surface area contributed by atoms with Gasteiger partial charge in [-0.05, 0) is 95.4 Å². The van der Waals surface area contributed by atoms with E-state index in [1.54, 1.807) is 0 Å². The third-order valence-electron chi connectivity index (χ3n) is 7.03. The molecule has 1 saturated heterocycles. The van der Waals surface area contributed by atoms with Crippen LogP contribution >= 0.6 is 0 Å². The molecule has 0 spiro atoms. The maximum Gasteiger partial charge on any atom is 0.253 e. The van der Waals surface area contributed by atoms with Crippen LogP contribution in [0.1, 0.15) is 58.9 Å². The summed E-state index contributed by atoms with van der Waals surface area (Å²) in [6, 6.07) is 8.58. The van der Waals surface area contributed by atoms with Gasteiger partial charge in [-0.1, -0.05) is 18.2 Å². The van der Waals surface area contributed by atoms with Crippen molar-refractivity contribution < 1.29 is 4.79 Å². The van der Waals surface area contributed by atoms with Crippen molar-refractivity contribution in [1.82, 2.24) is 15.2 Å². The molecule has 0 aliphatic carbocycles. The van der Waals surface area contributed by atoms with Crippen molar-refractivity contribution in [3.8, 4) is 0 Å². The number of aromatic nitrogens is 1. The van der Waals surface area contributed by atoms with Crippen LogP contribution in [-0.2, 0) is 19.4 Å². The van der Waals surface area contributed by atoms with Gasteiger partial charge in [-0.15, -0.1) is 0 Å². The minimum absolute atomic E-state index is 0.111. The number of H-pyrrole nitrogens is 1. The second kappa shape index (κ2) is 10.4. The van der Waals surface area contributed by atoms with Crippen LogP contribution in [0.3, 0.4) is 0 Å². The average molecular weight is 449 g/mol. The predicted molar refractivity (Wildman–Crippen MR) is 134 cm³/mol. The maximum atomic E-state index is 13.3. The molecule has 4 rings (SSSR count). The molecule has 176 valence electrons. The first-order valence-electron chi connectivity index (χ1n) is 12.2. The van der Waals surface area contributed by atoms with Crippen LogP contribution in [0.5, 0.6) is 0 Å². The fourth-order valence-corrected chi connectivity index (χ4v) is 5.23. The van der Waals surface area contributed by atoms with Crippen LogP contribution in [0.15, 0.2) is 41.2 Å². The first kappa shape index (κ1) is 23.3. The number of likely N-dealkylation sites (tertiary alicyclic amines) is 1. The Hall–Kier alpha value is -2.86. The van der Waals surface area contributed by atoms with Gasteiger partial charge in [0.15, 0.2) is 0 Å². The molecule has 0 unspecified atom stereocenters. The lowest BCUT2D eigenvalue weighted by atomic mass is 9.96. The Labute approximate surface area is 196 Å². The quantitative estimate of drug-likeness (QED) is 0.705. The molecule has 0 atom stereocenters. The molecule has 2 aliphatic heterocycles. The molecule has 1 fully saturated rings. The van der Waals surface area contributed by atoms with E-state index in [1.165, 1.54) is 0 Å². The first-order valence-corrected chi connectivity index (χ1v) is 12.2. The molecular weight excluding hydrogens is 412 g/mol. The number of carbonyl (C=O) groups is 1. The number of hydrogen-bond acceptors (Lipinski definition) is 4. The lowest BCUT2D eigenvalue weighted by Gasteiger charge is -2.39. The Morgan fingerprint density at radius 2 is 1.91 bits per heavy atom. The minimum atomic E-state index is -0.119. The van der Waals surface area contributed by atoms with Crippen LogP contribution in [-0.4, -0.2) is 48.5 Å². The van der Waals surface area contributed by atoms with Gasteiger partial charge < -0.3 is 20.1 Å². The van der Waals surface area contributed by atoms with Crippen molar-refractivity contribution in [2.24, 2.45) is 0 Å². The molecule has 1 amide bonds. The third-order valence-corrected chi connectivity index (χ3v) is 7.03. The second-order valence-corrected chi connectivity index (χ2v) is 9.31. The van der Waals surface area contributed by atoms with Gasteiger partial charge in [-0.3, -0.25) is 9.59 Å². The van der Waals surface area contributed by atoms with Crippen molar-refractivity contribution in [3.05, 3.63) is 74.7 Å². The molecular formula is C27H36N4O2. The van der Waals surface area contributed by atoms with E-state index >= 15 is 0 Å². The van der Waals surface area contributed by atoms with Gasteiger partial charge in [0.25, 0.3) is 11.5 Å². The lowest BCUT2D eigenvalue weighted by Crippen LogP contribution is -2.44. The van der Waals surface area contributed by atoms with Gasteiger partial charge in [0.05, 0.1) is 0 Å². The molecule has 2 aliphatic rings. The van der Waals surface area contributed by atoms with Crippen LogP contribution in [0.2, 0.25) is 0 Å². The van der Waals surface area contributed by atoms with E-state index in [0.29, 0.717) is 17.2 Å². The number of pyridine rings is 1. The van der Waals surface area contributed by atoms with Gasteiger partial charge >= 0.3 is 0 Å². The number of anilines is 1. The summed E-state index contributed by atoms with van der Waals surface area (Å²) in [4.78, 5) is 33.7. The molecule has 6 nitrogen and oxygen atoms in total. The van der Waals surface area contributed by atoms with Crippen molar-refractivity contribution in [2.45, 2.75) is 58.5 Å². The van der Waals surface area contributed by atoms with Crippen LogP contribution in [0.4, 0.5) is 5.69 Å². The minimum Gasteiger partial charge on any atom is -0.368 e. The average Bonchev–Trinajstić information content (AvgIpc) is 2.79. The highest BCUT2D eigenvalue weighted by atomic mass is 16.1. The van der Waals surface area contributed by atoms with E-state index < -0.39 is 0 Å². The van der Waals surface area contributed by atoms with E-state index in [1.807, 2.05) is 25.1 Å². The molecule has 3 heterocycles. The Kier molecular flexibility index (Phi) is 7.33. The Bertz CT molecular complexity index is 1080. The van der Waals surface area contributed by atoms with Gasteiger partial charge in [0.1, 0.15) is 0 Å². The molecule has 2 N–H and O–H groups in total.